The van der Waals surface area contributed by atoms with Gasteiger partial charge in [0.1, 0.15) is 0 Å². The quantitative estimate of drug-likeness (QED) is 0.588. The predicted molar refractivity (Wildman–Crippen MR) is 41.4 cm³/mol. The van der Waals surface area contributed by atoms with Gasteiger partial charge in [-0.1, -0.05) is 17.7 Å². The van der Waals surface area contributed by atoms with Crippen LogP contribution in [0.5, 0.6) is 0 Å². The molecule has 3 heteroatoms. The molecule has 50 valence electrons. The molecule has 2 N–H and O–H groups in total. The smallest absolute Gasteiger partial charge is 0.0614 e. The zero-order chi connectivity index (χ0) is 7.11. The van der Waals surface area contributed by atoms with Gasteiger partial charge in [-0.25, -0.2) is 0 Å². The van der Waals surface area contributed by atoms with Gasteiger partial charge in [-0.15, -0.1) is 0 Å². The molecule has 0 fully saturated rings. The molecule has 0 heterocycles. The number of hydrogen-bond acceptors (Lipinski definition) is 2. The molecular weight excluding hydrogens is 136 g/mol. The first-order valence-electron chi connectivity index (χ1n) is 2.51. The van der Waals surface area contributed by atoms with Gasteiger partial charge in [0.25, 0.3) is 0 Å². The maximum atomic E-state index is 5.26. The third-order valence-electron chi connectivity index (χ3n) is 0.585. The largest absolute Gasteiger partial charge is 0.397 e. The van der Waals surface area contributed by atoms with Crippen molar-refractivity contribution in [3.8, 4) is 0 Å². The minimum Gasteiger partial charge on any atom is -0.397 e. The Labute approximate surface area is 59.7 Å². The fourth-order valence-electron chi connectivity index (χ4n) is 0.243. The minimum atomic E-state index is 0.453. The van der Waals surface area contributed by atoms with Gasteiger partial charge in [0, 0.05) is 11.7 Å². The van der Waals surface area contributed by atoms with Gasteiger partial charge in [0.2, 0.25) is 0 Å². The maximum Gasteiger partial charge on any atom is 0.0614 e. The first-order chi connectivity index (χ1) is 4.31. The van der Waals surface area contributed by atoms with Crippen molar-refractivity contribution in [1.82, 2.24) is 0 Å². The van der Waals surface area contributed by atoms with Crippen molar-refractivity contribution >= 4 is 17.8 Å². The van der Waals surface area contributed by atoms with Crippen LogP contribution in [0.2, 0.25) is 0 Å². The Kier molecular flexibility index (Phi) is 4.92. The Morgan fingerprint density at radius 2 is 2.33 bits per heavy atom. The van der Waals surface area contributed by atoms with Gasteiger partial charge in [-0.3, -0.25) is 4.99 Å². The molecule has 0 aromatic heterocycles. The van der Waals surface area contributed by atoms with Crippen molar-refractivity contribution in [2.45, 2.75) is 6.92 Å². The van der Waals surface area contributed by atoms with Crippen molar-refractivity contribution in [3.63, 3.8) is 0 Å². The zero-order valence-corrected chi connectivity index (χ0v) is 5.97. The Bertz CT molecular complexity index is 147. The van der Waals surface area contributed by atoms with Gasteiger partial charge in [-0.05, 0) is 6.92 Å². The standard InChI is InChI=1S/C6H9ClN2/c1-2-3-9-5-6(8)4-7/h2-5H,8H2,1H3/b3-2-,6-4-,9-5-. The van der Waals surface area contributed by atoms with Crippen molar-refractivity contribution in [1.29, 1.82) is 0 Å². The summed E-state index contributed by atoms with van der Waals surface area (Å²) in [5.74, 6) is 0. The lowest BCUT2D eigenvalue weighted by Gasteiger charge is -1.82. The second-order valence-corrected chi connectivity index (χ2v) is 1.59. The molecule has 0 radical (unpaired) electrons. The molecule has 0 unspecified atom stereocenters. The summed E-state index contributed by atoms with van der Waals surface area (Å²) in [5.41, 5.74) is 6.98. The first-order valence-corrected chi connectivity index (χ1v) is 2.95. The molecule has 0 aromatic rings. The van der Waals surface area contributed by atoms with E-state index in [-0.39, 0.29) is 0 Å². The van der Waals surface area contributed by atoms with Crippen LogP contribution in [-0.4, -0.2) is 6.21 Å². The lowest BCUT2D eigenvalue weighted by Crippen LogP contribution is -1.95. The normalized spacial score (nSPS) is 13.8. The number of aliphatic imine (C=N–C) groups is 1. The molecule has 0 bridgehead atoms. The molecule has 9 heavy (non-hydrogen) atoms. The van der Waals surface area contributed by atoms with Gasteiger partial charge in [0.05, 0.1) is 11.9 Å². The number of rotatable bonds is 2. The summed E-state index contributed by atoms with van der Waals surface area (Å²) in [4.78, 5) is 3.78. The monoisotopic (exact) mass is 144 g/mol. The van der Waals surface area contributed by atoms with E-state index >= 15 is 0 Å². The van der Waals surface area contributed by atoms with E-state index in [4.69, 9.17) is 17.3 Å². The summed E-state index contributed by atoms with van der Waals surface area (Å²) in [6.45, 7) is 1.87. The van der Waals surface area contributed by atoms with E-state index in [9.17, 15) is 0 Å². The molecule has 0 saturated heterocycles. The van der Waals surface area contributed by atoms with Crippen LogP contribution in [0.25, 0.3) is 0 Å². The van der Waals surface area contributed by atoms with Crippen LogP contribution < -0.4 is 5.73 Å². The minimum absolute atomic E-state index is 0.453. The molecule has 2 nitrogen and oxygen atoms in total. The highest BCUT2D eigenvalue weighted by molar-refractivity contribution is 6.26. The lowest BCUT2D eigenvalue weighted by molar-refractivity contribution is 1.47. The summed E-state index contributed by atoms with van der Waals surface area (Å²) in [7, 11) is 0. The molecule has 0 amide bonds. The summed E-state index contributed by atoms with van der Waals surface area (Å²) in [6.07, 6.45) is 4.91. The fourth-order valence-corrected chi connectivity index (χ4v) is 0.300. The van der Waals surface area contributed by atoms with Gasteiger partial charge in [0.15, 0.2) is 0 Å². The molecule has 0 aliphatic heterocycles. The van der Waals surface area contributed by atoms with Crippen LogP contribution in [0.4, 0.5) is 0 Å². The van der Waals surface area contributed by atoms with Crippen LogP contribution in [0, 0.1) is 0 Å². The summed E-state index contributed by atoms with van der Waals surface area (Å²) >= 11 is 5.23. The van der Waals surface area contributed by atoms with Crippen LogP contribution in [0.3, 0.4) is 0 Å². The molecular formula is C6H9ClN2. The van der Waals surface area contributed by atoms with E-state index in [0.29, 0.717) is 5.70 Å². The third-order valence-corrected chi connectivity index (χ3v) is 0.837. The molecule has 0 spiro atoms. The highest BCUT2D eigenvalue weighted by atomic mass is 35.5. The topological polar surface area (TPSA) is 38.4 Å². The second-order valence-electron chi connectivity index (χ2n) is 1.37. The average molecular weight is 145 g/mol. The van der Waals surface area contributed by atoms with E-state index in [0.717, 1.165) is 0 Å². The highest BCUT2D eigenvalue weighted by Crippen LogP contribution is 1.83. The van der Waals surface area contributed by atoms with E-state index in [1.807, 2.05) is 6.92 Å². The van der Waals surface area contributed by atoms with E-state index in [1.54, 1.807) is 12.3 Å². The molecule has 0 rings (SSSR count). The van der Waals surface area contributed by atoms with Crippen LogP contribution in [0.15, 0.2) is 28.5 Å². The Hall–Kier alpha value is -0.760. The zero-order valence-electron chi connectivity index (χ0n) is 5.21. The Balaban J connectivity index is 3.71. The van der Waals surface area contributed by atoms with E-state index < -0.39 is 0 Å². The lowest BCUT2D eigenvalue weighted by atomic mass is 10.6. The van der Waals surface area contributed by atoms with Crippen molar-refractivity contribution in [2.24, 2.45) is 10.7 Å². The molecule has 0 aromatic carbocycles. The van der Waals surface area contributed by atoms with Crippen molar-refractivity contribution < 1.29 is 0 Å². The Morgan fingerprint density at radius 3 is 2.78 bits per heavy atom. The number of allylic oxidation sites excluding steroid dienone is 2. The van der Waals surface area contributed by atoms with Crippen LogP contribution in [0.1, 0.15) is 6.92 Å². The number of nitrogens with zero attached hydrogens (tertiary/aromatic N) is 1. The fraction of sp³-hybridized carbons (Fsp3) is 0.167. The second kappa shape index (κ2) is 5.38. The number of halogens is 1. The van der Waals surface area contributed by atoms with Crippen LogP contribution >= 0.6 is 11.6 Å². The summed E-state index contributed by atoms with van der Waals surface area (Å²) in [6, 6.07) is 0. The number of nitrogens with two attached hydrogens (primary N) is 1. The van der Waals surface area contributed by atoms with Crippen molar-refractivity contribution in [3.05, 3.63) is 23.5 Å². The molecule has 0 aliphatic rings. The van der Waals surface area contributed by atoms with Gasteiger partial charge < -0.3 is 5.73 Å². The first kappa shape index (κ1) is 8.24. The average Bonchev–Trinajstić information content (AvgIpc) is 1.89. The molecule has 0 atom stereocenters. The highest BCUT2D eigenvalue weighted by Gasteiger charge is 1.74. The summed E-state index contributed by atoms with van der Waals surface area (Å²) < 4.78 is 0. The predicted octanol–water partition coefficient (Wildman–Crippen LogP) is 1.63. The summed E-state index contributed by atoms with van der Waals surface area (Å²) in [5, 5.41) is 0. The SMILES string of the molecule is C\C=C/N=C\C(N)=C\Cl. The van der Waals surface area contributed by atoms with Crippen LogP contribution in [-0.2, 0) is 0 Å². The van der Waals surface area contributed by atoms with E-state index in [1.165, 1.54) is 11.7 Å². The maximum absolute atomic E-state index is 5.26. The van der Waals surface area contributed by atoms with Gasteiger partial charge >= 0.3 is 0 Å². The van der Waals surface area contributed by atoms with E-state index in [2.05, 4.69) is 4.99 Å². The van der Waals surface area contributed by atoms with Crippen molar-refractivity contribution in [2.75, 3.05) is 0 Å². The molecule has 0 aliphatic carbocycles. The number of hydrogen-bond donors (Lipinski definition) is 1. The van der Waals surface area contributed by atoms with Gasteiger partial charge in [-0.2, -0.15) is 0 Å². The Morgan fingerprint density at radius 1 is 1.67 bits per heavy atom. The molecule has 0 saturated carbocycles. The third kappa shape index (κ3) is 5.11.